The fraction of sp³-hybridized carbons (Fsp3) is 0.667. The number of carbonyl (C=O) groups is 1. The maximum atomic E-state index is 11.9. The standard InChI is InChI=1S/C12H22N4O2S/c1-4-18-6-5-14-11(17)9-10(13)16-12(19-9)15-7-8(2)3/h8H,4-7,13H2,1-3H3,(H,14,17)(H,15,16). The van der Waals surface area contributed by atoms with E-state index in [1.807, 2.05) is 6.92 Å². The lowest BCUT2D eigenvalue weighted by Crippen LogP contribution is -2.27. The minimum atomic E-state index is -0.202. The summed E-state index contributed by atoms with van der Waals surface area (Å²) in [7, 11) is 0. The van der Waals surface area contributed by atoms with Crippen LogP contribution < -0.4 is 16.4 Å². The van der Waals surface area contributed by atoms with Gasteiger partial charge in [0.1, 0.15) is 10.7 Å². The number of carbonyl (C=O) groups excluding carboxylic acids is 1. The Morgan fingerprint density at radius 2 is 2.26 bits per heavy atom. The minimum absolute atomic E-state index is 0.202. The molecule has 1 rings (SSSR count). The summed E-state index contributed by atoms with van der Waals surface area (Å²) in [5.74, 6) is 0.575. The van der Waals surface area contributed by atoms with Crippen molar-refractivity contribution in [2.75, 3.05) is 37.4 Å². The van der Waals surface area contributed by atoms with Gasteiger partial charge in [-0.1, -0.05) is 25.2 Å². The summed E-state index contributed by atoms with van der Waals surface area (Å²) in [5, 5.41) is 6.59. The summed E-state index contributed by atoms with van der Waals surface area (Å²) in [5.41, 5.74) is 5.75. The second kappa shape index (κ2) is 7.96. The van der Waals surface area contributed by atoms with Crippen LogP contribution in [-0.4, -0.2) is 37.2 Å². The van der Waals surface area contributed by atoms with Crippen molar-refractivity contribution in [1.29, 1.82) is 0 Å². The lowest BCUT2D eigenvalue weighted by molar-refractivity contribution is 0.0927. The fourth-order valence-electron chi connectivity index (χ4n) is 1.32. The number of hydrogen-bond acceptors (Lipinski definition) is 6. The van der Waals surface area contributed by atoms with Gasteiger partial charge < -0.3 is 21.1 Å². The highest BCUT2D eigenvalue weighted by Crippen LogP contribution is 2.24. The molecule has 0 aliphatic heterocycles. The largest absolute Gasteiger partial charge is 0.382 e. The monoisotopic (exact) mass is 286 g/mol. The maximum absolute atomic E-state index is 11.9. The van der Waals surface area contributed by atoms with Gasteiger partial charge in [0.05, 0.1) is 6.61 Å². The molecule has 0 unspecified atom stereocenters. The van der Waals surface area contributed by atoms with Crippen LogP contribution in [0, 0.1) is 5.92 Å². The van der Waals surface area contributed by atoms with Crippen molar-refractivity contribution in [3.05, 3.63) is 4.88 Å². The van der Waals surface area contributed by atoms with Crippen LogP contribution >= 0.6 is 11.3 Å². The average molecular weight is 286 g/mol. The van der Waals surface area contributed by atoms with Gasteiger partial charge in [-0.2, -0.15) is 0 Å². The molecule has 4 N–H and O–H groups in total. The Hall–Kier alpha value is -1.34. The number of thiazole rings is 1. The number of nitrogens with one attached hydrogen (secondary N) is 2. The molecule has 1 aromatic rings. The molecule has 1 aromatic heterocycles. The average Bonchev–Trinajstić information content (AvgIpc) is 2.73. The molecule has 0 aromatic carbocycles. The first-order chi connectivity index (χ1) is 9.04. The fourth-order valence-corrected chi connectivity index (χ4v) is 2.13. The van der Waals surface area contributed by atoms with E-state index in [-0.39, 0.29) is 11.7 Å². The number of ether oxygens (including phenoxy) is 1. The Labute approximate surface area is 117 Å². The van der Waals surface area contributed by atoms with Gasteiger partial charge >= 0.3 is 0 Å². The van der Waals surface area contributed by atoms with Crippen LogP contribution in [0.2, 0.25) is 0 Å². The predicted octanol–water partition coefficient (Wildman–Crippen LogP) is 1.56. The Bertz CT molecular complexity index is 406. The number of aromatic nitrogens is 1. The van der Waals surface area contributed by atoms with Gasteiger partial charge in [0.15, 0.2) is 5.13 Å². The Kier molecular flexibility index (Phi) is 6.58. The van der Waals surface area contributed by atoms with Crippen molar-refractivity contribution in [3.8, 4) is 0 Å². The molecule has 19 heavy (non-hydrogen) atoms. The predicted molar refractivity (Wildman–Crippen MR) is 78.7 cm³/mol. The van der Waals surface area contributed by atoms with Crippen LogP contribution in [-0.2, 0) is 4.74 Å². The molecule has 0 aliphatic rings. The molecular formula is C12H22N4O2S. The SMILES string of the molecule is CCOCCNC(=O)c1sc(NCC(C)C)nc1N. The van der Waals surface area contributed by atoms with Crippen molar-refractivity contribution in [1.82, 2.24) is 10.3 Å². The van der Waals surface area contributed by atoms with Crippen LogP contribution in [0.5, 0.6) is 0 Å². The zero-order valence-electron chi connectivity index (χ0n) is 11.7. The summed E-state index contributed by atoms with van der Waals surface area (Å²) in [6.45, 7) is 8.53. The molecule has 0 saturated heterocycles. The summed E-state index contributed by atoms with van der Waals surface area (Å²) < 4.78 is 5.15. The van der Waals surface area contributed by atoms with E-state index in [1.165, 1.54) is 11.3 Å². The van der Waals surface area contributed by atoms with Crippen LogP contribution in [0.1, 0.15) is 30.4 Å². The molecule has 1 heterocycles. The van der Waals surface area contributed by atoms with Gasteiger partial charge in [-0.3, -0.25) is 4.79 Å². The molecule has 108 valence electrons. The van der Waals surface area contributed by atoms with Gasteiger partial charge in [-0.05, 0) is 12.8 Å². The molecule has 0 saturated carbocycles. The summed E-state index contributed by atoms with van der Waals surface area (Å²) in [6.07, 6.45) is 0. The van der Waals surface area contributed by atoms with Crippen molar-refractivity contribution in [3.63, 3.8) is 0 Å². The maximum Gasteiger partial charge on any atom is 0.265 e. The Balaban J connectivity index is 2.50. The lowest BCUT2D eigenvalue weighted by Gasteiger charge is -2.04. The highest BCUT2D eigenvalue weighted by Gasteiger charge is 2.15. The van der Waals surface area contributed by atoms with E-state index in [9.17, 15) is 4.79 Å². The summed E-state index contributed by atoms with van der Waals surface area (Å²) in [6, 6.07) is 0. The van der Waals surface area contributed by atoms with Crippen LogP contribution in [0.4, 0.5) is 10.9 Å². The van der Waals surface area contributed by atoms with E-state index in [0.717, 1.165) is 6.54 Å². The summed E-state index contributed by atoms with van der Waals surface area (Å²) >= 11 is 1.27. The second-order valence-corrected chi connectivity index (χ2v) is 5.46. The third-order valence-electron chi connectivity index (χ3n) is 2.26. The van der Waals surface area contributed by atoms with Crippen molar-refractivity contribution < 1.29 is 9.53 Å². The zero-order chi connectivity index (χ0) is 14.3. The number of rotatable bonds is 8. The topological polar surface area (TPSA) is 89.3 Å². The highest BCUT2D eigenvalue weighted by molar-refractivity contribution is 7.18. The van der Waals surface area contributed by atoms with E-state index >= 15 is 0 Å². The number of nitrogen functional groups attached to an aromatic ring is 1. The third kappa shape index (κ3) is 5.44. The normalized spacial score (nSPS) is 10.7. The van der Waals surface area contributed by atoms with Crippen LogP contribution in [0.15, 0.2) is 0 Å². The molecule has 0 fully saturated rings. The molecule has 0 atom stereocenters. The smallest absolute Gasteiger partial charge is 0.265 e. The third-order valence-corrected chi connectivity index (χ3v) is 3.28. The Morgan fingerprint density at radius 3 is 2.89 bits per heavy atom. The first kappa shape index (κ1) is 15.7. The van der Waals surface area contributed by atoms with Gasteiger partial charge in [0.25, 0.3) is 5.91 Å². The van der Waals surface area contributed by atoms with Crippen molar-refractivity contribution >= 4 is 28.2 Å². The van der Waals surface area contributed by atoms with E-state index in [0.29, 0.717) is 35.7 Å². The number of anilines is 2. The van der Waals surface area contributed by atoms with Crippen LogP contribution in [0.3, 0.4) is 0 Å². The van der Waals surface area contributed by atoms with Gasteiger partial charge in [0.2, 0.25) is 0 Å². The number of nitrogens with zero attached hydrogens (tertiary/aromatic N) is 1. The Morgan fingerprint density at radius 1 is 1.53 bits per heavy atom. The lowest BCUT2D eigenvalue weighted by atomic mass is 10.2. The molecule has 6 nitrogen and oxygen atoms in total. The molecule has 0 radical (unpaired) electrons. The molecule has 0 aliphatic carbocycles. The quantitative estimate of drug-likeness (QED) is 0.631. The number of amides is 1. The molecular weight excluding hydrogens is 264 g/mol. The van der Waals surface area contributed by atoms with E-state index in [2.05, 4.69) is 29.5 Å². The molecule has 7 heteroatoms. The second-order valence-electron chi connectivity index (χ2n) is 4.46. The van der Waals surface area contributed by atoms with Crippen molar-refractivity contribution in [2.45, 2.75) is 20.8 Å². The number of nitrogens with two attached hydrogens (primary N) is 1. The molecule has 0 bridgehead atoms. The van der Waals surface area contributed by atoms with Gasteiger partial charge in [-0.25, -0.2) is 4.98 Å². The van der Waals surface area contributed by atoms with E-state index in [4.69, 9.17) is 10.5 Å². The zero-order valence-corrected chi connectivity index (χ0v) is 12.5. The number of hydrogen-bond donors (Lipinski definition) is 3. The minimum Gasteiger partial charge on any atom is -0.382 e. The van der Waals surface area contributed by atoms with Gasteiger partial charge in [-0.15, -0.1) is 0 Å². The van der Waals surface area contributed by atoms with Crippen LogP contribution in [0.25, 0.3) is 0 Å². The van der Waals surface area contributed by atoms with Crippen molar-refractivity contribution in [2.24, 2.45) is 5.92 Å². The van der Waals surface area contributed by atoms with E-state index < -0.39 is 0 Å². The summed E-state index contributed by atoms with van der Waals surface area (Å²) in [4.78, 5) is 16.5. The highest BCUT2D eigenvalue weighted by atomic mass is 32.1. The first-order valence-corrected chi connectivity index (χ1v) is 7.22. The molecule has 1 amide bonds. The first-order valence-electron chi connectivity index (χ1n) is 6.40. The van der Waals surface area contributed by atoms with E-state index in [1.54, 1.807) is 0 Å². The molecule has 0 spiro atoms. The van der Waals surface area contributed by atoms with Gasteiger partial charge in [0, 0.05) is 19.7 Å².